The summed E-state index contributed by atoms with van der Waals surface area (Å²) in [4.78, 5) is 14.6. The number of nitrogens with zero attached hydrogens (tertiary/aromatic N) is 6. The van der Waals surface area contributed by atoms with Gasteiger partial charge in [0.1, 0.15) is 20.0 Å². The minimum absolute atomic E-state index is 0.388. The molecule has 0 radical (unpaired) electrons. The lowest BCUT2D eigenvalue weighted by Crippen LogP contribution is -2.25. The molecule has 0 bridgehead atoms. The van der Waals surface area contributed by atoms with Gasteiger partial charge < -0.3 is 29.4 Å². The van der Waals surface area contributed by atoms with Gasteiger partial charge in [0.15, 0.2) is 0 Å². The van der Waals surface area contributed by atoms with E-state index in [1.807, 2.05) is 0 Å². The minimum atomic E-state index is -0.388. The quantitative estimate of drug-likeness (QED) is 0.0792. The molecule has 12 aromatic carbocycles. The molecule has 0 aromatic heterocycles. The average molecular weight is 1200 g/mol. The molecule has 92 heavy (non-hydrogen) atoms. The Labute approximate surface area is 544 Å². The number of rotatable bonds is 18. The first-order chi connectivity index (χ1) is 45.2. The van der Waals surface area contributed by atoms with Crippen molar-refractivity contribution in [1.82, 2.24) is 0 Å². The van der Waals surface area contributed by atoms with Crippen LogP contribution in [0.15, 0.2) is 291 Å². The van der Waals surface area contributed by atoms with Gasteiger partial charge in [-0.1, -0.05) is 200 Å². The van der Waals surface area contributed by atoms with Crippen molar-refractivity contribution in [3.05, 3.63) is 358 Å². The molecule has 0 aliphatic carbocycles. The summed E-state index contributed by atoms with van der Waals surface area (Å²) in [6.07, 6.45) is 5.83. The molecular weight excluding hydrogens is 1120 g/mol. The summed E-state index contributed by atoms with van der Waals surface area (Å²) in [5.41, 5.74) is 30.4. The zero-order valence-corrected chi connectivity index (χ0v) is 53.3. The second-order valence-electron chi connectivity index (χ2n) is 25.5. The van der Waals surface area contributed by atoms with Gasteiger partial charge in [0.05, 0.1) is 34.1 Å². The predicted molar refractivity (Wildman–Crippen MR) is 387 cm³/mol. The predicted octanol–water partition coefficient (Wildman–Crippen LogP) is 21.1. The Kier molecular flexibility index (Phi) is 15.7. The van der Waals surface area contributed by atoms with Crippen LogP contribution < -0.4 is 29.4 Å². The number of fused-ring (bicyclic) bond motifs is 3. The van der Waals surface area contributed by atoms with E-state index >= 15 is 0 Å². The van der Waals surface area contributed by atoms with Crippen molar-refractivity contribution in [3.63, 3.8) is 0 Å². The fourth-order valence-electron chi connectivity index (χ4n) is 14.7. The summed E-state index contributed by atoms with van der Waals surface area (Å²) in [7, 11) is 0. The van der Waals surface area contributed by atoms with Crippen molar-refractivity contribution in [1.29, 1.82) is 0 Å². The van der Waals surface area contributed by atoms with Crippen LogP contribution in [-0.4, -0.2) is 20.0 Å². The van der Waals surface area contributed by atoms with Gasteiger partial charge in [-0.2, -0.15) is 0 Å². The van der Waals surface area contributed by atoms with Crippen LogP contribution in [0.1, 0.15) is 73.7 Å². The Balaban J connectivity index is 0.652. The van der Waals surface area contributed by atoms with E-state index in [-0.39, 0.29) is 5.41 Å². The Hall–Kier alpha value is -10.6. The van der Waals surface area contributed by atoms with E-state index < -0.39 is 0 Å². The van der Waals surface area contributed by atoms with Crippen molar-refractivity contribution in [3.8, 4) is 0 Å². The number of benzene rings is 12. The fraction of sp³-hybridized carbons (Fsp3) is 0.163. The van der Waals surface area contributed by atoms with Crippen LogP contribution in [-0.2, 0) is 43.9 Å². The molecule has 3 heterocycles. The Morgan fingerprint density at radius 2 is 0.446 bits per heavy atom. The van der Waals surface area contributed by atoms with Crippen LogP contribution in [0.3, 0.4) is 0 Å². The highest BCUT2D eigenvalue weighted by molar-refractivity contribution is 5.90. The Bertz CT molecular complexity index is 4100. The number of hydrogen-bond donors (Lipinski definition) is 0. The van der Waals surface area contributed by atoms with Gasteiger partial charge in [-0.15, -0.1) is 0 Å². The maximum Gasteiger partial charge on any atom is 0.100 e. The fourth-order valence-corrected chi connectivity index (χ4v) is 14.7. The molecule has 0 unspecified atom stereocenters. The molecule has 0 saturated carbocycles. The van der Waals surface area contributed by atoms with Crippen molar-refractivity contribution in [2.24, 2.45) is 0 Å². The molecule has 6 heteroatoms. The lowest BCUT2D eigenvalue weighted by atomic mass is 9.70. The van der Waals surface area contributed by atoms with Crippen molar-refractivity contribution in [2.45, 2.75) is 71.6 Å². The maximum absolute atomic E-state index is 2.46. The topological polar surface area (TPSA) is 19.4 Å². The molecule has 0 saturated heterocycles. The number of para-hydroxylation sites is 9. The summed E-state index contributed by atoms with van der Waals surface area (Å²) in [5.74, 6) is 0. The second-order valence-corrected chi connectivity index (χ2v) is 25.5. The maximum atomic E-state index is 2.46. The molecule has 0 fully saturated rings. The third-order valence-electron chi connectivity index (χ3n) is 19.8. The standard InChI is InChI=1S/C86H78N6/c1-62-56-68(44-53-77(62)90-59-87(74-20-8-5-9-21-74)80-26-14-17-29-83(80)90)35-32-65-38-47-71(48-39-65)86(4,72-49-40-66(41-50-72)33-36-69-45-54-78(63(2)57-69)91-60-88(75-22-10-6-11-23-75)81-27-15-18-30-84(81)91)73-51-42-67(43-52-73)34-37-70-46-55-79(64(3)58-70)92-61-89(76-24-12-7-13-25-76)82-28-16-19-31-85(82)92/h5-31,38-58H,32-37,59-61H2,1-4H3. The molecule has 0 amide bonds. The summed E-state index contributed by atoms with van der Waals surface area (Å²) in [6.45, 7) is 11.6. The van der Waals surface area contributed by atoms with Crippen LogP contribution >= 0.6 is 0 Å². The highest BCUT2D eigenvalue weighted by Gasteiger charge is 2.34. The average Bonchev–Trinajstić information content (AvgIpc) is 1.27. The first kappa shape index (κ1) is 57.9. The van der Waals surface area contributed by atoms with Crippen LogP contribution in [0.5, 0.6) is 0 Å². The Morgan fingerprint density at radius 1 is 0.228 bits per heavy atom. The molecule has 3 aliphatic heterocycles. The summed E-state index contributed by atoms with van der Waals surface area (Å²) < 4.78 is 0. The van der Waals surface area contributed by atoms with E-state index in [1.165, 1.54) is 135 Å². The zero-order chi connectivity index (χ0) is 62.1. The van der Waals surface area contributed by atoms with Gasteiger partial charge in [-0.25, -0.2) is 0 Å². The zero-order valence-electron chi connectivity index (χ0n) is 53.3. The lowest BCUT2D eigenvalue weighted by Gasteiger charge is -2.32. The van der Waals surface area contributed by atoms with Gasteiger partial charge >= 0.3 is 0 Å². The summed E-state index contributed by atoms with van der Waals surface area (Å²) in [6, 6.07) is 108. The highest BCUT2D eigenvalue weighted by atomic mass is 15.4. The third-order valence-corrected chi connectivity index (χ3v) is 19.8. The van der Waals surface area contributed by atoms with E-state index in [9.17, 15) is 0 Å². The summed E-state index contributed by atoms with van der Waals surface area (Å²) >= 11 is 0. The van der Waals surface area contributed by atoms with Crippen LogP contribution in [0.4, 0.5) is 68.2 Å². The molecular formula is C86H78N6. The van der Waals surface area contributed by atoms with Gasteiger partial charge in [0, 0.05) is 39.5 Å². The lowest BCUT2D eigenvalue weighted by molar-refractivity contribution is 0.690. The first-order valence-electron chi connectivity index (χ1n) is 32.8. The molecule has 0 N–H and O–H groups in total. The Morgan fingerprint density at radius 3 is 0.696 bits per heavy atom. The van der Waals surface area contributed by atoms with Gasteiger partial charge in [0.2, 0.25) is 0 Å². The molecule has 0 spiro atoms. The second kappa shape index (κ2) is 25.0. The largest absolute Gasteiger partial charge is 0.321 e. The molecule has 12 aromatic rings. The van der Waals surface area contributed by atoms with Gasteiger partial charge in [-0.05, 0) is 224 Å². The number of anilines is 12. The van der Waals surface area contributed by atoms with E-state index in [0.717, 1.165) is 58.5 Å². The minimum Gasteiger partial charge on any atom is -0.321 e. The van der Waals surface area contributed by atoms with E-state index in [0.29, 0.717) is 0 Å². The summed E-state index contributed by atoms with van der Waals surface area (Å²) in [5, 5.41) is 0. The number of hydrogen-bond acceptors (Lipinski definition) is 6. The molecule has 0 atom stereocenters. The monoisotopic (exact) mass is 1190 g/mol. The smallest absolute Gasteiger partial charge is 0.100 e. The van der Waals surface area contributed by atoms with Gasteiger partial charge in [0.25, 0.3) is 0 Å². The number of aryl methyl sites for hydroxylation is 9. The first-order valence-corrected chi connectivity index (χ1v) is 32.8. The molecule has 15 rings (SSSR count). The molecule has 3 aliphatic rings. The van der Waals surface area contributed by atoms with Gasteiger partial charge in [-0.3, -0.25) is 0 Å². The van der Waals surface area contributed by atoms with E-state index in [2.05, 4.69) is 348 Å². The van der Waals surface area contributed by atoms with Crippen molar-refractivity contribution in [2.75, 3.05) is 49.4 Å². The molecule has 452 valence electrons. The molecule has 6 nitrogen and oxygen atoms in total. The van der Waals surface area contributed by atoms with Crippen LogP contribution in [0, 0.1) is 20.8 Å². The van der Waals surface area contributed by atoms with Crippen molar-refractivity contribution < 1.29 is 0 Å². The third kappa shape index (κ3) is 11.2. The normalized spacial score (nSPS) is 13.4. The highest BCUT2D eigenvalue weighted by Crippen LogP contribution is 2.49. The van der Waals surface area contributed by atoms with Crippen LogP contribution in [0.25, 0.3) is 0 Å². The van der Waals surface area contributed by atoms with E-state index in [4.69, 9.17) is 0 Å². The van der Waals surface area contributed by atoms with Crippen molar-refractivity contribution >= 4 is 68.2 Å². The van der Waals surface area contributed by atoms with Crippen LogP contribution in [0.2, 0.25) is 0 Å². The van der Waals surface area contributed by atoms with E-state index in [1.54, 1.807) is 0 Å². The SMILES string of the molecule is Cc1cc(CCc2ccc(C(C)(c3ccc(CCc4ccc(N5CN(c6ccccc6)c6ccccc65)c(C)c4)cc3)c3ccc(CCc4ccc(N5CN(c6ccccc6)c6ccccc65)c(C)c4)cc3)cc2)ccc1N1CN(c2ccccc2)c2ccccc21.